The number of aliphatic hydroxyl groups excluding tert-OH is 1. The summed E-state index contributed by atoms with van der Waals surface area (Å²) in [6, 6.07) is 9.78. The molecule has 2 rings (SSSR count). The summed E-state index contributed by atoms with van der Waals surface area (Å²) in [6.45, 7) is 1.31. The number of sulfone groups is 1. The Kier molecular flexibility index (Phi) is 7.98. The third-order valence-corrected chi connectivity index (χ3v) is 7.82. The van der Waals surface area contributed by atoms with Crippen LogP contribution in [0.25, 0.3) is 0 Å². The van der Waals surface area contributed by atoms with Crippen LogP contribution in [0.15, 0.2) is 47.4 Å². The molecule has 0 amide bonds. The lowest BCUT2D eigenvalue weighted by Crippen LogP contribution is -2.39. The van der Waals surface area contributed by atoms with Gasteiger partial charge >= 0.3 is 0 Å². The van der Waals surface area contributed by atoms with Crippen LogP contribution in [0.1, 0.15) is 25.3 Å². The predicted molar refractivity (Wildman–Crippen MR) is 117 cm³/mol. The third kappa shape index (κ3) is 6.33. The average molecular weight is 480 g/mol. The molecule has 0 aromatic heterocycles. The first-order valence-electron chi connectivity index (χ1n) is 8.82. The molecule has 6 nitrogen and oxygen atoms in total. The molecule has 1 atom stereocenters. The van der Waals surface area contributed by atoms with E-state index in [0.717, 1.165) is 6.26 Å². The average Bonchev–Trinajstić information content (AvgIpc) is 2.61. The summed E-state index contributed by atoms with van der Waals surface area (Å²) >= 11 is 12.0. The van der Waals surface area contributed by atoms with Crippen molar-refractivity contribution < 1.29 is 21.9 Å². The van der Waals surface area contributed by atoms with Crippen LogP contribution in [0, 0.1) is 0 Å². The number of nitrogens with zero attached hydrogens (tertiary/aromatic N) is 1. The van der Waals surface area contributed by atoms with E-state index in [4.69, 9.17) is 23.2 Å². The van der Waals surface area contributed by atoms with E-state index < -0.39 is 25.9 Å². The Hall–Kier alpha value is -1.32. The van der Waals surface area contributed by atoms with E-state index in [1.807, 2.05) is 0 Å². The molecule has 0 fully saturated rings. The van der Waals surface area contributed by atoms with Crippen LogP contribution in [0.4, 0.5) is 5.69 Å². The summed E-state index contributed by atoms with van der Waals surface area (Å²) in [5, 5.41) is 10.4. The molecular formula is C19H23Cl2NO5S2. The summed E-state index contributed by atoms with van der Waals surface area (Å²) in [7, 11) is -7.20. The zero-order chi connectivity index (χ0) is 21.8. The molecule has 0 heterocycles. The molecule has 0 aliphatic carbocycles. The van der Waals surface area contributed by atoms with Crippen LogP contribution in [0.2, 0.25) is 10.0 Å². The zero-order valence-electron chi connectivity index (χ0n) is 16.0. The molecule has 160 valence electrons. The number of hydrogen-bond acceptors (Lipinski definition) is 5. The minimum Gasteiger partial charge on any atom is -0.392 e. The van der Waals surface area contributed by atoms with Crippen LogP contribution >= 0.6 is 23.2 Å². The summed E-state index contributed by atoms with van der Waals surface area (Å²) < 4.78 is 51.0. The first-order valence-corrected chi connectivity index (χ1v) is 13.1. The highest BCUT2D eigenvalue weighted by atomic mass is 35.5. The van der Waals surface area contributed by atoms with Crippen molar-refractivity contribution in [2.75, 3.05) is 16.3 Å². The van der Waals surface area contributed by atoms with Crippen molar-refractivity contribution in [3.05, 3.63) is 58.1 Å². The Morgan fingerprint density at radius 3 is 2.14 bits per heavy atom. The molecule has 0 aliphatic heterocycles. The van der Waals surface area contributed by atoms with E-state index >= 15 is 0 Å². The minimum absolute atomic E-state index is 0.0285. The first kappa shape index (κ1) is 24.0. The van der Waals surface area contributed by atoms with E-state index in [9.17, 15) is 21.9 Å². The van der Waals surface area contributed by atoms with Crippen molar-refractivity contribution in [3.63, 3.8) is 0 Å². The van der Waals surface area contributed by atoms with Gasteiger partial charge in [-0.1, -0.05) is 29.3 Å². The molecule has 0 unspecified atom stereocenters. The predicted octanol–water partition coefficient (Wildman–Crippen LogP) is 3.89. The van der Waals surface area contributed by atoms with Crippen molar-refractivity contribution in [2.45, 2.75) is 37.3 Å². The topological polar surface area (TPSA) is 91.8 Å². The number of sulfonamides is 1. The van der Waals surface area contributed by atoms with Crippen molar-refractivity contribution in [3.8, 4) is 0 Å². The molecule has 29 heavy (non-hydrogen) atoms. The molecule has 0 saturated heterocycles. The van der Waals surface area contributed by atoms with Crippen molar-refractivity contribution in [1.29, 1.82) is 0 Å². The molecule has 2 aromatic carbocycles. The van der Waals surface area contributed by atoms with E-state index in [2.05, 4.69) is 0 Å². The van der Waals surface area contributed by atoms with Crippen molar-refractivity contribution in [1.82, 2.24) is 0 Å². The Bertz CT molecular complexity index is 1050. The maximum atomic E-state index is 13.5. The Morgan fingerprint density at radius 2 is 1.59 bits per heavy atom. The van der Waals surface area contributed by atoms with Crippen LogP contribution in [0.5, 0.6) is 0 Å². The van der Waals surface area contributed by atoms with Gasteiger partial charge in [0.15, 0.2) is 0 Å². The largest absolute Gasteiger partial charge is 0.392 e. The molecule has 0 radical (unpaired) electrons. The minimum atomic E-state index is -4.03. The second kappa shape index (κ2) is 9.66. The summed E-state index contributed by atoms with van der Waals surface area (Å²) in [5.74, 6) is -0.0470. The molecule has 2 aromatic rings. The number of rotatable bonds is 9. The monoisotopic (exact) mass is 479 g/mol. The van der Waals surface area contributed by atoms with Crippen molar-refractivity contribution in [2.24, 2.45) is 0 Å². The Labute approximate surface area is 182 Å². The zero-order valence-corrected chi connectivity index (χ0v) is 19.2. The number of benzene rings is 2. The van der Waals surface area contributed by atoms with Crippen LogP contribution in [-0.2, 0) is 26.5 Å². The maximum absolute atomic E-state index is 13.5. The van der Waals surface area contributed by atoms with Crippen LogP contribution in [0.3, 0.4) is 0 Å². The quantitative estimate of drug-likeness (QED) is 0.588. The molecule has 10 heteroatoms. The van der Waals surface area contributed by atoms with Crippen LogP contribution in [-0.4, -0.2) is 40.0 Å². The molecule has 0 saturated carbocycles. The lowest BCUT2D eigenvalue weighted by atomic mass is 10.1. The molecule has 1 N–H and O–H groups in total. The van der Waals surface area contributed by atoms with Gasteiger partial charge in [0.2, 0.25) is 0 Å². The second-order valence-corrected chi connectivity index (χ2v) is 11.8. The lowest BCUT2D eigenvalue weighted by molar-refractivity contribution is 0.282. The fraction of sp³-hybridized carbons (Fsp3) is 0.368. The lowest BCUT2D eigenvalue weighted by Gasteiger charge is -2.32. The molecule has 0 aliphatic rings. The second-order valence-electron chi connectivity index (χ2n) is 6.81. The Morgan fingerprint density at radius 1 is 1.00 bits per heavy atom. The standard InChI is InChI=1S/C19H23Cl2NO5S2/c1-14(4-3-11-28(2,24)25)22(19-12-17(21)6-5-15(19)13-23)29(26,27)18-9-7-16(20)8-10-18/h5-10,12,14,23H,3-4,11,13H2,1-2H3/t14-/m1/s1. The van der Waals surface area contributed by atoms with E-state index in [0.29, 0.717) is 28.5 Å². The van der Waals surface area contributed by atoms with Gasteiger partial charge in [-0.25, -0.2) is 16.8 Å². The molecule has 0 spiro atoms. The SMILES string of the molecule is C[C@H](CCCS(C)(=O)=O)N(c1cc(Cl)ccc1CO)S(=O)(=O)c1ccc(Cl)cc1. The fourth-order valence-electron chi connectivity index (χ4n) is 2.96. The summed E-state index contributed by atoms with van der Waals surface area (Å²) in [6.07, 6.45) is 1.74. The van der Waals surface area contributed by atoms with Gasteiger partial charge in [0.05, 0.1) is 17.2 Å². The van der Waals surface area contributed by atoms with Gasteiger partial charge in [0, 0.05) is 33.7 Å². The highest BCUT2D eigenvalue weighted by molar-refractivity contribution is 7.93. The number of halogens is 2. The third-order valence-electron chi connectivity index (χ3n) is 4.36. The van der Waals surface area contributed by atoms with Gasteiger partial charge in [-0.15, -0.1) is 0 Å². The maximum Gasteiger partial charge on any atom is 0.264 e. The van der Waals surface area contributed by atoms with E-state index in [1.165, 1.54) is 34.6 Å². The van der Waals surface area contributed by atoms with Crippen molar-refractivity contribution >= 4 is 48.7 Å². The van der Waals surface area contributed by atoms with Gasteiger partial charge in [-0.3, -0.25) is 4.31 Å². The van der Waals surface area contributed by atoms with Gasteiger partial charge in [-0.05, 0) is 56.2 Å². The van der Waals surface area contributed by atoms with Gasteiger partial charge < -0.3 is 5.11 Å². The normalized spacial score (nSPS) is 13.3. The van der Waals surface area contributed by atoms with E-state index in [-0.39, 0.29) is 22.9 Å². The molecule has 0 bridgehead atoms. The first-order chi connectivity index (χ1) is 13.5. The summed E-state index contributed by atoms with van der Waals surface area (Å²) in [4.78, 5) is 0.0285. The fourth-order valence-corrected chi connectivity index (χ4v) is 5.66. The van der Waals surface area contributed by atoms with Gasteiger partial charge in [-0.2, -0.15) is 0 Å². The smallest absolute Gasteiger partial charge is 0.264 e. The highest BCUT2D eigenvalue weighted by Crippen LogP contribution is 2.33. The highest BCUT2D eigenvalue weighted by Gasteiger charge is 2.31. The van der Waals surface area contributed by atoms with Gasteiger partial charge in [0.25, 0.3) is 10.0 Å². The number of hydrogen-bond donors (Lipinski definition) is 1. The van der Waals surface area contributed by atoms with E-state index in [1.54, 1.807) is 19.1 Å². The number of aliphatic hydroxyl groups is 1. The van der Waals surface area contributed by atoms with Gasteiger partial charge in [0.1, 0.15) is 9.84 Å². The number of anilines is 1. The Balaban J connectivity index is 2.53. The summed E-state index contributed by atoms with van der Waals surface area (Å²) in [5.41, 5.74) is 0.642. The molecular weight excluding hydrogens is 457 g/mol. The van der Waals surface area contributed by atoms with Crippen LogP contribution < -0.4 is 4.31 Å².